The Labute approximate surface area is 151 Å². The number of methoxy groups -OCH3 is 2. The zero-order chi connectivity index (χ0) is 18.5. The van der Waals surface area contributed by atoms with Crippen molar-refractivity contribution >= 4 is 17.6 Å². The van der Waals surface area contributed by atoms with Crippen molar-refractivity contribution in [1.82, 2.24) is 4.57 Å². The van der Waals surface area contributed by atoms with Crippen LogP contribution in [-0.4, -0.2) is 30.7 Å². The summed E-state index contributed by atoms with van der Waals surface area (Å²) in [6.07, 6.45) is 10.5. The standard InChI is InChI=1S/C20H18N2O4/c1-25-19(23)15-9-5-6-14-22(18(15)20(24)26-2)17-11-4-3-10-16(17)21-12-7-8-13-21/h3-14H,1-2H3. The van der Waals surface area contributed by atoms with Crippen molar-refractivity contribution in [2.75, 3.05) is 19.1 Å². The van der Waals surface area contributed by atoms with Crippen LogP contribution in [0.15, 0.2) is 84.5 Å². The van der Waals surface area contributed by atoms with Crippen molar-refractivity contribution in [3.8, 4) is 5.69 Å². The Morgan fingerprint density at radius 3 is 2.15 bits per heavy atom. The lowest BCUT2D eigenvalue weighted by molar-refractivity contribution is -0.139. The lowest BCUT2D eigenvalue weighted by Crippen LogP contribution is -2.27. The summed E-state index contributed by atoms with van der Waals surface area (Å²) < 4.78 is 11.7. The van der Waals surface area contributed by atoms with Crippen LogP contribution in [0.4, 0.5) is 5.69 Å². The average molecular weight is 350 g/mol. The highest BCUT2D eigenvalue weighted by Crippen LogP contribution is 2.31. The van der Waals surface area contributed by atoms with E-state index in [0.29, 0.717) is 5.69 Å². The lowest BCUT2D eigenvalue weighted by atomic mass is 10.1. The average Bonchev–Trinajstić information content (AvgIpc) is 3.13. The minimum Gasteiger partial charge on any atom is -0.465 e. The topological polar surface area (TPSA) is 60.8 Å². The van der Waals surface area contributed by atoms with Gasteiger partial charge in [0, 0.05) is 18.6 Å². The molecule has 0 aliphatic carbocycles. The van der Waals surface area contributed by atoms with Crippen molar-refractivity contribution in [3.63, 3.8) is 0 Å². The summed E-state index contributed by atoms with van der Waals surface area (Å²) in [6, 6.07) is 11.4. The number of para-hydroxylation sites is 2. The zero-order valence-electron chi connectivity index (χ0n) is 14.5. The molecule has 0 unspecified atom stereocenters. The van der Waals surface area contributed by atoms with Gasteiger partial charge in [-0.3, -0.25) is 0 Å². The first-order valence-electron chi connectivity index (χ1n) is 7.94. The van der Waals surface area contributed by atoms with Crippen molar-refractivity contribution in [3.05, 3.63) is 84.5 Å². The van der Waals surface area contributed by atoms with Crippen LogP contribution in [0.5, 0.6) is 0 Å². The van der Waals surface area contributed by atoms with Crippen LogP contribution >= 0.6 is 0 Å². The summed E-state index contributed by atoms with van der Waals surface area (Å²) in [5.41, 5.74) is 1.76. The summed E-state index contributed by atoms with van der Waals surface area (Å²) in [5, 5.41) is 0. The quantitative estimate of drug-likeness (QED) is 0.794. The van der Waals surface area contributed by atoms with Crippen LogP contribution in [0.2, 0.25) is 0 Å². The van der Waals surface area contributed by atoms with E-state index < -0.39 is 11.9 Å². The molecule has 0 atom stereocenters. The Morgan fingerprint density at radius 2 is 1.50 bits per heavy atom. The van der Waals surface area contributed by atoms with Gasteiger partial charge in [0.05, 0.1) is 31.2 Å². The molecule has 1 aliphatic rings. The number of esters is 2. The number of rotatable bonds is 4. The molecule has 0 amide bonds. The van der Waals surface area contributed by atoms with Gasteiger partial charge in [-0.1, -0.05) is 18.2 Å². The van der Waals surface area contributed by atoms with E-state index in [1.165, 1.54) is 20.3 Å². The number of hydrogen-bond donors (Lipinski definition) is 0. The molecule has 0 fully saturated rings. The fraction of sp³-hybridized carbons (Fsp3) is 0.100. The number of hydrogen-bond acceptors (Lipinski definition) is 5. The predicted octanol–water partition coefficient (Wildman–Crippen LogP) is 2.97. The third-order valence-electron chi connectivity index (χ3n) is 3.91. The minimum absolute atomic E-state index is 0.0870. The molecular formula is C20H18N2O4. The molecule has 1 aromatic heterocycles. The van der Waals surface area contributed by atoms with Crippen LogP contribution in [0.3, 0.4) is 0 Å². The van der Waals surface area contributed by atoms with E-state index >= 15 is 0 Å². The van der Waals surface area contributed by atoms with E-state index in [1.54, 1.807) is 23.3 Å². The maximum absolute atomic E-state index is 12.5. The maximum Gasteiger partial charge on any atom is 0.355 e. The molecule has 0 N–H and O–H groups in total. The largest absolute Gasteiger partial charge is 0.465 e. The monoisotopic (exact) mass is 350 g/mol. The number of ether oxygens (including phenoxy) is 2. The number of nitrogens with zero attached hydrogens (tertiary/aromatic N) is 2. The van der Waals surface area contributed by atoms with Crippen LogP contribution < -0.4 is 4.90 Å². The highest BCUT2D eigenvalue weighted by atomic mass is 16.5. The molecule has 6 heteroatoms. The van der Waals surface area contributed by atoms with Gasteiger partial charge < -0.3 is 18.9 Å². The molecule has 132 valence electrons. The molecule has 0 saturated carbocycles. The van der Waals surface area contributed by atoms with Crippen LogP contribution in [0, 0.1) is 0 Å². The Morgan fingerprint density at radius 1 is 0.846 bits per heavy atom. The molecule has 2 heterocycles. The molecule has 1 aliphatic heterocycles. The molecule has 0 spiro atoms. The summed E-state index contributed by atoms with van der Waals surface area (Å²) >= 11 is 0. The number of carbonyl (C=O) groups is 2. The molecule has 2 aromatic rings. The number of aromatic nitrogens is 1. The Bertz CT molecular complexity index is 908. The highest BCUT2D eigenvalue weighted by Gasteiger charge is 2.28. The van der Waals surface area contributed by atoms with Crippen molar-refractivity contribution < 1.29 is 19.1 Å². The smallest absolute Gasteiger partial charge is 0.355 e. The summed E-state index contributed by atoms with van der Waals surface area (Å²) in [4.78, 5) is 26.4. The third-order valence-corrected chi connectivity index (χ3v) is 3.91. The molecular weight excluding hydrogens is 332 g/mol. The molecule has 6 nitrogen and oxygen atoms in total. The Balaban J connectivity index is 2.23. The van der Waals surface area contributed by atoms with Gasteiger partial charge in [0.25, 0.3) is 0 Å². The van der Waals surface area contributed by atoms with Crippen LogP contribution in [0.25, 0.3) is 5.69 Å². The second-order valence-electron chi connectivity index (χ2n) is 5.40. The maximum atomic E-state index is 12.5. The van der Waals surface area contributed by atoms with Gasteiger partial charge in [-0.15, -0.1) is 0 Å². The van der Waals surface area contributed by atoms with Gasteiger partial charge in [-0.05, 0) is 36.4 Å². The van der Waals surface area contributed by atoms with Crippen LogP contribution in [0.1, 0.15) is 0 Å². The minimum atomic E-state index is -0.635. The van der Waals surface area contributed by atoms with Gasteiger partial charge in [-0.2, -0.15) is 0 Å². The van der Waals surface area contributed by atoms with Gasteiger partial charge >= 0.3 is 11.9 Å². The van der Waals surface area contributed by atoms with Crippen molar-refractivity contribution in [2.24, 2.45) is 0 Å². The SMILES string of the molecule is COC(=O)C1=C(C(=O)OC)N(c2ccccc2-n2cccc2)C=CC=C1. The fourth-order valence-corrected chi connectivity index (χ4v) is 2.73. The molecule has 1 aromatic carbocycles. The van der Waals surface area contributed by atoms with E-state index in [-0.39, 0.29) is 11.3 Å². The van der Waals surface area contributed by atoms with Gasteiger partial charge in [0.2, 0.25) is 0 Å². The van der Waals surface area contributed by atoms with Crippen LogP contribution in [-0.2, 0) is 19.1 Å². The van der Waals surface area contributed by atoms with Gasteiger partial charge in [0.1, 0.15) is 5.70 Å². The molecule has 3 rings (SSSR count). The number of benzene rings is 1. The number of carbonyl (C=O) groups excluding carboxylic acids is 2. The van der Waals surface area contributed by atoms with Gasteiger partial charge in [-0.25, -0.2) is 9.59 Å². The Hall–Kier alpha value is -3.54. The van der Waals surface area contributed by atoms with E-state index in [9.17, 15) is 9.59 Å². The highest BCUT2D eigenvalue weighted by molar-refractivity contribution is 6.05. The number of allylic oxidation sites excluding steroid dienone is 2. The summed E-state index contributed by atoms with van der Waals surface area (Å²) in [6.45, 7) is 0. The molecule has 0 radical (unpaired) electrons. The summed E-state index contributed by atoms with van der Waals surface area (Å²) in [5.74, 6) is -1.25. The van der Waals surface area contributed by atoms with E-state index in [1.807, 2.05) is 53.4 Å². The molecule has 26 heavy (non-hydrogen) atoms. The van der Waals surface area contributed by atoms with Crippen molar-refractivity contribution in [1.29, 1.82) is 0 Å². The fourth-order valence-electron chi connectivity index (χ4n) is 2.73. The lowest BCUT2D eigenvalue weighted by Gasteiger charge is -2.25. The van der Waals surface area contributed by atoms with E-state index in [0.717, 1.165) is 5.69 Å². The summed E-state index contributed by atoms with van der Waals surface area (Å²) in [7, 11) is 2.55. The third kappa shape index (κ3) is 3.17. The zero-order valence-corrected chi connectivity index (χ0v) is 14.5. The van der Waals surface area contributed by atoms with E-state index in [2.05, 4.69) is 0 Å². The first-order chi connectivity index (χ1) is 12.7. The molecule has 0 bridgehead atoms. The Kier molecular flexibility index (Phi) is 5.03. The normalized spacial score (nSPS) is 13.5. The predicted molar refractivity (Wildman–Crippen MR) is 97.6 cm³/mol. The number of anilines is 1. The van der Waals surface area contributed by atoms with Gasteiger partial charge in [0.15, 0.2) is 0 Å². The first-order valence-corrected chi connectivity index (χ1v) is 7.94. The van der Waals surface area contributed by atoms with Crippen molar-refractivity contribution in [2.45, 2.75) is 0 Å². The second-order valence-corrected chi connectivity index (χ2v) is 5.40. The molecule has 0 saturated heterocycles. The second kappa shape index (κ2) is 7.57. The van der Waals surface area contributed by atoms with E-state index in [4.69, 9.17) is 9.47 Å². The first kappa shape index (κ1) is 17.3.